The number of allylic oxidation sites excluding steroid dienone is 5. The van der Waals surface area contributed by atoms with E-state index in [1.54, 1.807) is 11.3 Å². The lowest BCUT2D eigenvalue weighted by molar-refractivity contribution is 0.369. The van der Waals surface area contributed by atoms with Crippen LogP contribution in [0.25, 0.3) is 27.9 Å². The Balaban J connectivity index is 1.48. The van der Waals surface area contributed by atoms with Crippen molar-refractivity contribution in [3.8, 4) is 17.3 Å². The van der Waals surface area contributed by atoms with Crippen molar-refractivity contribution in [2.75, 3.05) is 18.0 Å². The Hall–Kier alpha value is -4.39. The lowest BCUT2D eigenvalue weighted by Crippen LogP contribution is -2.29. The molecule has 0 unspecified atom stereocenters. The van der Waals surface area contributed by atoms with E-state index < -0.39 is 0 Å². The molecule has 1 aromatic heterocycles. The molecule has 1 aliphatic carbocycles. The molecule has 0 saturated carbocycles. The molecule has 6 heteroatoms. The summed E-state index contributed by atoms with van der Waals surface area (Å²) < 4.78 is 6.60. The standard InChI is InChI=1S/C33H28N4OS/c1-35-28(22-34)27-21-29(23-12-5-2-6-13-23)38-32-25(16-11-17-26(27)32)20-30-31(24-14-7-3-8-15-24)36-33(39-30)37-18-9-4-10-19-37/h2-3,5-8,12-15,20-21H,4,9-11,16-19H2. The van der Waals surface area contributed by atoms with Gasteiger partial charge in [-0.25, -0.2) is 15.1 Å². The van der Waals surface area contributed by atoms with Gasteiger partial charge in [-0.15, -0.1) is 0 Å². The van der Waals surface area contributed by atoms with E-state index in [1.165, 1.54) is 19.3 Å². The van der Waals surface area contributed by atoms with Crippen molar-refractivity contribution in [3.05, 3.63) is 117 Å². The second-order valence-corrected chi connectivity index (χ2v) is 10.9. The molecule has 1 saturated heterocycles. The summed E-state index contributed by atoms with van der Waals surface area (Å²) in [6.07, 6.45) is 10.3. The predicted molar refractivity (Wildman–Crippen MR) is 157 cm³/mol. The molecule has 39 heavy (non-hydrogen) atoms. The molecular weight excluding hydrogens is 500 g/mol. The zero-order valence-electron chi connectivity index (χ0n) is 21.7. The summed E-state index contributed by atoms with van der Waals surface area (Å²) in [4.78, 5) is 12.2. The van der Waals surface area contributed by atoms with Gasteiger partial charge >= 0.3 is 0 Å². The maximum Gasteiger partial charge on any atom is 0.269 e. The van der Waals surface area contributed by atoms with E-state index in [0.717, 1.165) is 76.1 Å². The van der Waals surface area contributed by atoms with Crippen LogP contribution in [-0.4, -0.2) is 18.1 Å². The van der Waals surface area contributed by atoms with E-state index in [4.69, 9.17) is 16.3 Å². The third kappa shape index (κ3) is 5.04. The molecule has 3 aliphatic rings. The molecule has 0 spiro atoms. The molecule has 6 rings (SSSR count). The van der Waals surface area contributed by atoms with Gasteiger partial charge in [0.05, 0.1) is 23.2 Å². The first-order valence-electron chi connectivity index (χ1n) is 13.5. The molecule has 0 radical (unpaired) electrons. The summed E-state index contributed by atoms with van der Waals surface area (Å²) in [5, 5.41) is 10.8. The molecule has 2 aliphatic heterocycles. The fourth-order valence-electron chi connectivity index (χ4n) is 5.46. The summed E-state index contributed by atoms with van der Waals surface area (Å²) >= 11 is 1.74. The monoisotopic (exact) mass is 528 g/mol. The van der Waals surface area contributed by atoms with E-state index >= 15 is 0 Å². The minimum atomic E-state index is 0.107. The van der Waals surface area contributed by atoms with Gasteiger partial charge in [0.2, 0.25) is 0 Å². The largest absolute Gasteiger partial charge is 0.456 e. The van der Waals surface area contributed by atoms with E-state index in [2.05, 4.69) is 46.2 Å². The molecule has 0 bridgehead atoms. The number of aromatic nitrogens is 1. The number of benzene rings is 2. The minimum Gasteiger partial charge on any atom is -0.456 e. The molecule has 0 atom stereocenters. The zero-order valence-corrected chi connectivity index (χ0v) is 22.5. The predicted octanol–water partition coefficient (Wildman–Crippen LogP) is 8.39. The topological polar surface area (TPSA) is 53.5 Å². The van der Waals surface area contributed by atoms with Gasteiger partial charge in [-0.2, -0.15) is 0 Å². The molecule has 1 fully saturated rings. The molecule has 0 N–H and O–H groups in total. The molecule has 2 aromatic carbocycles. The van der Waals surface area contributed by atoms with Crippen molar-refractivity contribution < 1.29 is 4.74 Å². The number of piperidine rings is 1. The number of hydrogen-bond acceptors (Lipinski definition) is 5. The van der Waals surface area contributed by atoms with Gasteiger partial charge in [0.1, 0.15) is 11.5 Å². The van der Waals surface area contributed by atoms with Crippen molar-refractivity contribution in [2.45, 2.75) is 38.5 Å². The fraction of sp³-hybridized carbons (Fsp3) is 0.242. The summed E-state index contributed by atoms with van der Waals surface area (Å²) in [7, 11) is 0. The van der Waals surface area contributed by atoms with Gasteiger partial charge in [0.15, 0.2) is 5.13 Å². The Morgan fingerprint density at radius 2 is 1.69 bits per heavy atom. The summed E-state index contributed by atoms with van der Waals surface area (Å²) in [6, 6.07) is 22.4. The van der Waals surface area contributed by atoms with Crippen LogP contribution in [-0.2, 0) is 4.74 Å². The SMILES string of the molecule is [C-]#[N+]C(C#N)=C1C=C(c2ccccc2)OC2=C1CCCC2=Cc1sc(N2CCCCC2)nc1-c1ccccc1. The maximum absolute atomic E-state index is 9.78. The quantitative estimate of drug-likeness (QED) is 0.252. The first-order valence-corrected chi connectivity index (χ1v) is 14.3. The number of hydrogen-bond donors (Lipinski definition) is 0. The van der Waals surface area contributed by atoms with Gasteiger partial charge < -0.3 is 9.64 Å². The van der Waals surface area contributed by atoms with Crippen LogP contribution in [0.5, 0.6) is 0 Å². The second-order valence-electron chi connectivity index (χ2n) is 9.92. The second kappa shape index (κ2) is 11.2. The lowest BCUT2D eigenvalue weighted by atomic mass is 9.85. The van der Waals surface area contributed by atoms with Crippen LogP contribution in [0.1, 0.15) is 49.0 Å². The van der Waals surface area contributed by atoms with E-state index in [0.29, 0.717) is 11.3 Å². The van der Waals surface area contributed by atoms with Crippen molar-refractivity contribution in [1.82, 2.24) is 4.98 Å². The van der Waals surface area contributed by atoms with Crippen LogP contribution in [0.3, 0.4) is 0 Å². The number of anilines is 1. The maximum atomic E-state index is 9.78. The number of nitriles is 1. The number of ether oxygens (including phenoxy) is 1. The fourth-order valence-corrected chi connectivity index (χ4v) is 6.56. The molecule has 3 heterocycles. The normalized spacial score (nSPS) is 19.5. The molecule has 3 aromatic rings. The Morgan fingerprint density at radius 3 is 2.38 bits per heavy atom. The highest BCUT2D eigenvalue weighted by atomic mass is 32.1. The third-order valence-electron chi connectivity index (χ3n) is 7.40. The first kappa shape index (κ1) is 24.9. The van der Waals surface area contributed by atoms with Crippen LogP contribution < -0.4 is 4.90 Å². The molecule has 0 amide bonds. The van der Waals surface area contributed by atoms with Gasteiger partial charge in [-0.1, -0.05) is 72.0 Å². The highest BCUT2D eigenvalue weighted by Crippen LogP contribution is 2.45. The van der Waals surface area contributed by atoms with Gasteiger partial charge in [-0.3, -0.25) is 0 Å². The third-order valence-corrected chi connectivity index (χ3v) is 8.47. The Kier molecular flexibility index (Phi) is 7.13. The van der Waals surface area contributed by atoms with E-state index in [9.17, 15) is 5.26 Å². The van der Waals surface area contributed by atoms with Crippen LogP contribution in [0.2, 0.25) is 0 Å². The minimum absolute atomic E-state index is 0.107. The van der Waals surface area contributed by atoms with Crippen LogP contribution >= 0.6 is 11.3 Å². The van der Waals surface area contributed by atoms with Gasteiger partial charge in [-0.05, 0) is 61.8 Å². The van der Waals surface area contributed by atoms with Crippen LogP contribution in [0, 0.1) is 17.9 Å². The van der Waals surface area contributed by atoms with Crippen LogP contribution in [0.15, 0.2) is 94.9 Å². The van der Waals surface area contributed by atoms with E-state index in [-0.39, 0.29) is 5.70 Å². The van der Waals surface area contributed by atoms with Crippen LogP contribution in [0.4, 0.5) is 5.13 Å². The van der Waals surface area contributed by atoms with Crippen molar-refractivity contribution in [3.63, 3.8) is 0 Å². The highest BCUT2D eigenvalue weighted by molar-refractivity contribution is 7.17. The Morgan fingerprint density at radius 1 is 0.974 bits per heavy atom. The highest BCUT2D eigenvalue weighted by Gasteiger charge is 2.29. The van der Waals surface area contributed by atoms with Gasteiger partial charge in [0.25, 0.3) is 5.70 Å². The molecule has 5 nitrogen and oxygen atoms in total. The van der Waals surface area contributed by atoms with Gasteiger partial charge in [0, 0.05) is 29.8 Å². The molecular formula is C33H28N4OS. The Labute approximate surface area is 233 Å². The smallest absolute Gasteiger partial charge is 0.269 e. The summed E-state index contributed by atoms with van der Waals surface area (Å²) in [5.41, 5.74) is 5.83. The number of nitrogens with zero attached hydrogens (tertiary/aromatic N) is 4. The molecule has 192 valence electrons. The lowest BCUT2D eigenvalue weighted by Gasteiger charge is -2.29. The zero-order chi connectivity index (χ0) is 26.6. The Bertz CT molecular complexity index is 1570. The number of rotatable bonds is 4. The average Bonchev–Trinajstić information content (AvgIpc) is 3.43. The van der Waals surface area contributed by atoms with Crippen molar-refractivity contribution in [1.29, 1.82) is 5.26 Å². The first-order chi connectivity index (χ1) is 19.2. The van der Waals surface area contributed by atoms with E-state index in [1.807, 2.05) is 42.5 Å². The summed E-state index contributed by atoms with van der Waals surface area (Å²) in [6.45, 7) is 9.74. The summed E-state index contributed by atoms with van der Waals surface area (Å²) in [5.74, 6) is 1.44. The van der Waals surface area contributed by atoms with Crippen molar-refractivity contribution in [2.24, 2.45) is 0 Å². The average molecular weight is 529 g/mol. The van der Waals surface area contributed by atoms with Crippen molar-refractivity contribution >= 4 is 28.3 Å². The number of thiazole rings is 1.